The monoisotopic (exact) mass is 360 g/mol. The number of nitrogens with two attached hydrogens (primary N) is 1. The first kappa shape index (κ1) is 20.8. The van der Waals surface area contributed by atoms with Crippen LogP contribution in [-0.4, -0.2) is 52.6 Å². The fourth-order valence-corrected chi connectivity index (χ4v) is 4.29. The molecule has 1 unspecified atom stereocenters. The molecule has 8 heteroatoms. The molecule has 0 bridgehead atoms. The van der Waals surface area contributed by atoms with Crippen LogP contribution in [0.1, 0.15) is 46.0 Å². The Balaban J connectivity index is 2.67. The molecular formula is C16H28N2O5S. The van der Waals surface area contributed by atoms with Crippen molar-refractivity contribution in [2.24, 2.45) is 11.7 Å². The lowest BCUT2D eigenvalue weighted by molar-refractivity contribution is -0.144. The number of hydrogen-bond acceptors (Lipinski definition) is 6. The second-order valence-corrected chi connectivity index (χ2v) is 8.11. The van der Waals surface area contributed by atoms with Crippen molar-refractivity contribution in [2.45, 2.75) is 62.8 Å². The average Bonchev–Trinajstić information content (AvgIpc) is 2.52. The van der Waals surface area contributed by atoms with E-state index >= 15 is 0 Å². The molecule has 0 spiro atoms. The maximum atomic E-state index is 12.0. The van der Waals surface area contributed by atoms with Crippen molar-refractivity contribution in [3.05, 3.63) is 0 Å². The van der Waals surface area contributed by atoms with Crippen molar-refractivity contribution in [3.8, 4) is 0 Å². The fraction of sp³-hybridized carbons (Fsp3) is 0.812. The molecular weight excluding hydrogens is 332 g/mol. The summed E-state index contributed by atoms with van der Waals surface area (Å²) in [5.74, 6) is -1.47. The van der Waals surface area contributed by atoms with E-state index in [2.05, 4.69) is 19.2 Å². The highest BCUT2D eigenvalue weighted by Gasteiger charge is 2.36. The predicted molar refractivity (Wildman–Crippen MR) is 92.7 cm³/mol. The van der Waals surface area contributed by atoms with Crippen LogP contribution in [0.2, 0.25) is 0 Å². The molecule has 1 saturated carbocycles. The Labute approximate surface area is 147 Å². The van der Waals surface area contributed by atoms with Gasteiger partial charge < -0.3 is 20.9 Å². The molecule has 1 aliphatic carbocycles. The molecule has 0 radical (unpaired) electrons. The Morgan fingerprint density at radius 1 is 1.42 bits per heavy atom. The van der Waals surface area contributed by atoms with Crippen LogP contribution in [0.5, 0.6) is 0 Å². The zero-order chi connectivity index (χ0) is 18.3. The van der Waals surface area contributed by atoms with Crippen molar-refractivity contribution in [1.82, 2.24) is 5.32 Å². The number of carbonyl (C=O) groups is 3. The summed E-state index contributed by atoms with van der Waals surface area (Å²) in [5.41, 5.74) is 5.54. The van der Waals surface area contributed by atoms with Gasteiger partial charge in [-0.15, -0.1) is 0 Å². The Morgan fingerprint density at radius 3 is 2.62 bits per heavy atom. The molecule has 0 aromatic heterocycles. The minimum atomic E-state index is -1.19. The molecule has 1 fully saturated rings. The van der Waals surface area contributed by atoms with Crippen LogP contribution in [0, 0.1) is 5.92 Å². The number of hydrogen-bond donors (Lipinski definition) is 3. The van der Waals surface area contributed by atoms with Crippen molar-refractivity contribution < 1.29 is 24.2 Å². The summed E-state index contributed by atoms with van der Waals surface area (Å²) >= 11 is 1.65. The van der Waals surface area contributed by atoms with Crippen LogP contribution in [0.25, 0.3) is 0 Å². The van der Waals surface area contributed by atoms with E-state index in [9.17, 15) is 14.4 Å². The van der Waals surface area contributed by atoms with Gasteiger partial charge in [-0.25, -0.2) is 4.79 Å². The zero-order valence-corrected chi connectivity index (χ0v) is 15.4. The second-order valence-electron chi connectivity index (χ2n) is 6.56. The number of aliphatic carboxylic acids is 1. The van der Waals surface area contributed by atoms with Gasteiger partial charge in [0.1, 0.15) is 6.04 Å². The van der Waals surface area contributed by atoms with Gasteiger partial charge in [-0.2, -0.15) is 11.8 Å². The molecule has 4 atom stereocenters. The van der Waals surface area contributed by atoms with Crippen LogP contribution < -0.4 is 11.1 Å². The summed E-state index contributed by atoms with van der Waals surface area (Å²) in [6, 6.07) is -2.03. The first-order valence-electron chi connectivity index (χ1n) is 8.19. The van der Waals surface area contributed by atoms with Gasteiger partial charge >= 0.3 is 11.9 Å². The van der Waals surface area contributed by atoms with E-state index in [-0.39, 0.29) is 4.75 Å². The summed E-state index contributed by atoms with van der Waals surface area (Å²) < 4.78 is 4.80. The molecule has 0 aromatic rings. The normalized spacial score (nSPS) is 26.2. The van der Waals surface area contributed by atoms with Crippen molar-refractivity contribution in [2.75, 3.05) is 12.9 Å². The van der Waals surface area contributed by atoms with E-state index in [0.29, 0.717) is 11.7 Å². The minimum absolute atomic E-state index is 0.0540. The largest absolute Gasteiger partial charge is 0.481 e. The molecule has 7 nitrogen and oxygen atoms in total. The number of ether oxygens (including phenoxy) is 1. The molecule has 1 aliphatic rings. The third kappa shape index (κ3) is 5.98. The van der Waals surface area contributed by atoms with Crippen molar-refractivity contribution in [3.63, 3.8) is 0 Å². The maximum absolute atomic E-state index is 12.0. The van der Waals surface area contributed by atoms with Crippen LogP contribution in [0.15, 0.2) is 0 Å². The quantitative estimate of drug-likeness (QED) is 0.556. The lowest BCUT2D eigenvalue weighted by Gasteiger charge is -2.40. The number of rotatable bonds is 8. The fourth-order valence-electron chi connectivity index (χ4n) is 2.84. The van der Waals surface area contributed by atoms with Crippen molar-refractivity contribution in [1.29, 1.82) is 0 Å². The SMILES string of the molecule is COC(=O)[C@H](CS[C@@]1(C)CCCC[C@@H]1C)NC(=O)C(N)CC(=O)O. The molecule has 4 N–H and O–H groups in total. The van der Waals surface area contributed by atoms with E-state index in [1.54, 1.807) is 11.8 Å². The van der Waals surface area contributed by atoms with E-state index < -0.39 is 36.4 Å². The molecule has 24 heavy (non-hydrogen) atoms. The Hall–Kier alpha value is -1.28. The third-order valence-corrected chi connectivity index (χ3v) is 6.48. The minimum Gasteiger partial charge on any atom is -0.481 e. The summed E-state index contributed by atoms with van der Waals surface area (Å²) in [6.07, 6.45) is 4.12. The van der Waals surface area contributed by atoms with E-state index in [1.807, 2.05) is 0 Å². The zero-order valence-electron chi connectivity index (χ0n) is 14.5. The maximum Gasteiger partial charge on any atom is 0.329 e. The summed E-state index contributed by atoms with van der Waals surface area (Å²) in [6.45, 7) is 4.40. The molecule has 1 amide bonds. The molecule has 0 aromatic carbocycles. The second kappa shape index (κ2) is 9.27. The molecule has 138 valence electrons. The van der Waals surface area contributed by atoms with Gasteiger partial charge in [-0.3, -0.25) is 9.59 Å². The van der Waals surface area contributed by atoms with Gasteiger partial charge in [0.05, 0.1) is 19.6 Å². The predicted octanol–water partition coefficient (Wildman–Crippen LogP) is 1.15. The number of methoxy groups -OCH3 is 1. The lowest BCUT2D eigenvalue weighted by Crippen LogP contribution is -2.51. The van der Waals surface area contributed by atoms with Gasteiger partial charge in [0.15, 0.2) is 0 Å². The third-order valence-electron chi connectivity index (χ3n) is 4.72. The number of thioether (sulfide) groups is 1. The summed E-state index contributed by atoms with van der Waals surface area (Å²) in [5, 5.41) is 11.2. The first-order chi connectivity index (χ1) is 11.2. The number of carboxylic acid groups (broad SMARTS) is 1. The van der Waals surface area contributed by atoms with E-state index in [0.717, 1.165) is 19.3 Å². The smallest absolute Gasteiger partial charge is 0.329 e. The number of amides is 1. The van der Waals surface area contributed by atoms with Gasteiger partial charge in [0.25, 0.3) is 0 Å². The van der Waals surface area contributed by atoms with Gasteiger partial charge in [0, 0.05) is 10.5 Å². The number of nitrogens with one attached hydrogen (secondary N) is 1. The van der Waals surface area contributed by atoms with Crippen molar-refractivity contribution >= 4 is 29.6 Å². The highest BCUT2D eigenvalue weighted by Crippen LogP contribution is 2.43. The summed E-state index contributed by atoms with van der Waals surface area (Å²) in [4.78, 5) is 34.6. The van der Waals surface area contributed by atoms with Gasteiger partial charge in [-0.1, -0.05) is 26.7 Å². The highest BCUT2D eigenvalue weighted by molar-refractivity contribution is 8.00. The topological polar surface area (TPSA) is 119 Å². The number of carbonyl (C=O) groups excluding carboxylic acids is 2. The van der Waals surface area contributed by atoms with E-state index in [1.165, 1.54) is 13.5 Å². The molecule has 0 aliphatic heterocycles. The average molecular weight is 360 g/mol. The summed E-state index contributed by atoms with van der Waals surface area (Å²) in [7, 11) is 1.26. The Kier molecular flexibility index (Phi) is 8.02. The number of esters is 1. The van der Waals surface area contributed by atoms with Crippen LogP contribution >= 0.6 is 11.8 Å². The molecule has 0 saturated heterocycles. The van der Waals surface area contributed by atoms with Crippen LogP contribution in [-0.2, 0) is 19.1 Å². The lowest BCUT2D eigenvalue weighted by atomic mass is 9.81. The van der Waals surface area contributed by atoms with Gasteiger partial charge in [-0.05, 0) is 18.8 Å². The standard InChI is InChI=1S/C16H28N2O5S/c1-10-6-4-5-7-16(10,2)24-9-12(15(22)23-3)18-14(21)11(17)8-13(19)20/h10-12H,4-9,17H2,1-3H3,(H,18,21)(H,19,20)/t10-,11?,12-,16-/m0/s1. The van der Waals surface area contributed by atoms with E-state index in [4.69, 9.17) is 15.6 Å². The van der Waals surface area contributed by atoms with Gasteiger partial charge in [0.2, 0.25) is 5.91 Å². The molecule has 1 rings (SSSR count). The Bertz CT molecular complexity index is 473. The molecule has 0 heterocycles. The van der Waals surface area contributed by atoms with Crippen LogP contribution in [0.4, 0.5) is 0 Å². The highest BCUT2D eigenvalue weighted by atomic mass is 32.2. The Morgan fingerprint density at radius 2 is 2.08 bits per heavy atom. The number of carboxylic acids is 1. The first-order valence-corrected chi connectivity index (χ1v) is 9.17. The van der Waals surface area contributed by atoms with Crippen LogP contribution in [0.3, 0.4) is 0 Å².